The SMILES string of the molecule is O=C1S/C(=C\c2ccc(Sc3nnnn3-c3ccccc3)c([N+](=O)[O-])c2)C(=O)N1Cc1ccc(F)cc1. The molecule has 0 unspecified atom stereocenters. The van der Waals surface area contributed by atoms with E-state index in [1.807, 2.05) is 18.2 Å². The summed E-state index contributed by atoms with van der Waals surface area (Å²) >= 11 is 1.77. The van der Waals surface area contributed by atoms with Gasteiger partial charge in [0, 0.05) is 6.07 Å². The van der Waals surface area contributed by atoms with Gasteiger partial charge in [0.1, 0.15) is 5.82 Å². The molecule has 0 bridgehead atoms. The Bertz CT molecular complexity index is 1540. The smallest absolute Gasteiger partial charge is 0.268 e. The summed E-state index contributed by atoms with van der Waals surface area (Å²) in [7, 11) is 0. The summed E-state index contributed by atoms with van der Waals surface area (Å²) in [5.41, 5.74) is 1.48. The molecule has 13 heteroatoms. The number of amides is 2. The van der Waals surface area contributed by atoms with E-state index in [0.717, 1.165) is 28.4 Å². The highest BCUT2D eigenvalue weighted by Gasteiger charge is 2.35. The molecule has 1 saturated heterocycles. The summed E-state index contributed by atoms with van der Waals surface area (Å²) < 4.78 is 14.6. The molecule has 0 N–H and O–H groups in total. The fourth-order valence-corrected chi connectivity index (χ4v) is 5.20. The molecule has 1 fully saturated rings. The van der Waals surface area contributed by atoms with Gasteiger partial charge in [-0.05, 0) is 81.5 Å². The molecule has 2 heterocycles. The van der Waals surface area contributed by atoms with Crippen LogP contribution in [0, 0.1) is 15.9 Å². The molecule has 0 saturated carbocycles. The van der Waals surface area contributed by atoms with E-state index in [1.165, 1.54) is 41.1 Å². The van der Waals surface area contributed by atoms with Crippen LogP contribution in [0.15, 0.2) is 87.8 Å². The highest BCUT2D eigenvalue weighted by atomic mass is 32.2. The van der Waals surface area contributed by atoms with Gasteiger partial charge in [-0.1, -0.05) is 36.4 Å². The minimum Gasteiger partial charge on any atom is -0.268 e. The number of imide groups is 1. The lowest BCUT2D eigenvalue weighted by atomic mass is 10.1. The monoisotopic (exact) mass is 534 g/mol. The van der Waals surface area contributed by atoms with Crippen molar-refractivity contribution in [2.24, 2.45) is 0 Å². The van der Waals surface area contributed by atoms with Crippen molar-refractivity contribution in [2.45, 2.75) is 16.6 Å². The second kappa shape index (κ2) is 10.3. The Morgan fingerprint density at radius 1 is 1.05 bits per heavy atom. The first kappa shape index (κ1) is 24.3. The fourth-order valence-electron chi connectivity index (χ4n) is 3.49. The number of benzene rings is 3. The van der Waals surface area contributed by atoms with E-state index in [1.54, 1.807) is 24.3 Å². The molecule has 1 aromatic heterocycles. The van der Waals surface area contributed by atoms with E-state index in [2.05, 4.69) is 15.5 Å². The first-order valence-electron chi connectivity index (χ1n) is 10.7. The Labute approximate surface area is 217 Å². The van der Waals surface area contributed by atoms with Crippen molar-refractivity contribution in [3.05, 3.63) is 105 Å². The van der Waals surface area contributed by atoms with Gasteiger partial charge in [-0.2, -0.15) is 4.68 Å². The van der Waals surface area contributed by atoms with E-state index in [0.29, 0.717) is 26.9 Å². The van der Waals surface area contributed by atoms with Crippen LogP contribution >= 0.6 is 23.5 Å². The second-order valence-electron chi connectivity index (χ2n) is 7.69. The summed E-state index contributed by atoms with van der Waals surface area (Å²) in [6.07, 6.45) is 1.44. The van der Waals surface area contributed by atoms with E-state index in [4.69, 9.17) is 0 Å². The lowest BCUT2D eigenvalue weighted by Crippen LogP contribution is -2.27. The van der Waals surface area contributed by atoms with Crippen molar-refractivity contribution in [2.75, 3.05) is 0 Å². The third kappa shape index (κ3) is 5.27. The van der Waals surface area contributed by atoms with Crippen LogP contribution in [0.3, 0.4) is 0 Å². The first-order valence-corrected chi connectivity index (χ1v) is 12.3. The molecule has 5 rings (SSSR count). The number of carbonyl (C=O) groups excluding carboxylic acids is 2. The van der Waals surface area contributed by atoms with Gasteiger partial charge in [-0.15, -0.1) is 5.10 Å². The zero-order valence-corrected chi connectivity index (χ0v) is 20.4. The molecule has 1 aliphatic heterocycles. The molecule has 37 heavy (non-hydrogen) atoms. The minimum atomic E-state index is -0.531. The number of hydrogen-bond acceptors (Lipinski definition) is 9. The Hall–Kier alpha value is -4.36. The number of rotatable bonds is 7. The number of halogens is 1. The molecule has 1 aliphatic rings. The molecule has 0 aliphatic carbocycles. The van der Waals surface area contributed by atoms with Crippen molar-refractivity contribution < 1.29 is 18.9 Å². The molecule has 184 valence electrons. The maximum atomic E-state index is 13.2. The van der Waals surface area contributed by atoms with Gasteiger partial charge in [0.25, 0.3) is 16.8 Å². The number of aromatic nitrogens is 4. The molecule has 3 aromatic carbocycles. The number of nitrogens with zero attached hydrogens (tertiary/aromatic N) is 6. The van der Waals surface area contributed by atoms with Crippen molar-refractivity contribution in [1.29, 1.82) is 0 Å². The molecule has 10 nitrogen and oxygen atoms in total. The molecular weight excluding hydrogens is 519 g/mol. The van der Waals surface area contributed by atoms with E-state index >= 15 is 0 Å². The second-order valence-corrected chi connectivity index (χ2v) is 9.69. The Morgan fingerprint density at radius 3 is 2.54 bits per heavy atom. The maximum Gasteiger partial charge on any atom is 0.293 e. The average molecular weight is 535 g/mol. The summed E-state index contributed by atoms with van der Waals surface area (Å²) in [5, 5.41) is 23.3. The van der Waals surface area contributed by atoms with Gasteiger partial charge in [0.2, 0.25) is 5.16 Å². The lowest BCUT2D eigenvalue weighted by molar-refractivity contribution is -0.387. The van der Waals surface area contributed by atoms with Crippen LogP contribution in [0.2, 0.25) is 0 Å². The molecule has 4 aromatic rings. The van der Waals surface area contributed by atoms with Crippen LogP contribution in [-0.4, -0.2) is 41.2 Å². The average Bonchev–Trinajstić information content (AvgIpc) is 3.46. The van der Waals surface area contributed by atoms with Gasteiger partial charge >= 0.3 is 0 Å². The van der Waals surface area contributed by atoms with E-state index in [-0.39, 0.29) is 17.1 Å². The molecule has 0 atom stereocenters. The summed E-state index contributed by atoms with van der Waals surface area (Å²) in [6.45, 7) is -0.00581. The van der Waals surface area contributed by atoms with Crippen molar-refractivity contribution >= 4 is 46.4 Å². The van der Waals surface area contributed by atoms with E-state index in [9.17, 15) is 24.1 Å². The van der Waals surface area contributed by atoms with Gasteiger partial charge in [0.15, 0.2) is 0 Å². The Kier molecular flexibility index (Phi) is 6.79. The van der Waals surface area contributed by atoms with Crippen molar-refractivity contribution in [3.63, 3.8) is 0 Å². The standard InChI is InChI=1S/C24H15FN6O4S2/c25-17-9-6-15(7-10-17)14-29-22(32)21(37-24(29)33)13-16-8-11-20(19(12-16)31(34)35)36-23-26-27-28-30(23)18-4-2-1-3-5-18/h1-13H,14H2/b21-13-. The number of nitro benzene ring substituents is 1. The number of tetrazole rings is 1. The normalized spacial score (nSPS) is 14.5. The van der Waals surface area contributed by atoms with Crippen LogP contribution in [0.5, 0.6) is 0 Å². The summed E-state index contributed by atoms with van der Waals surface area (Å²) in [4.78, 5) is 38.1. The van der Waals surface area contributed by atoms with Crippen LogP contribution < -0.4 is 0 Å². The highest BCUT2D eigenvalue weighted by Crippen LogP contribution is 2.37. The van der Waals surface area contributed by atoms with Crippen LogP contribution in [0.1, 0.15) is 11.1 Å². The predicted octanol–water partition coefficient (Wildman–Crippen LogP) is 5.10. The number of nitro groups is 1. The van der Waals surface area contributed by atoms with Crippen LogP contribution in [0.4, 0.5) is 14.9 Å². The molecule has 0 radical (unpaired) electrons. The number of thioether (sulfide) groups is 1. The minimum absolute atomic E-state index is 0.00581. The number of hydrogen-bond donors (Lipinski definition) is 0. The zero-order chi connectivity index (χ0) is 25.9. The van der Waals surface area contributed by atoms with Crippen molar-refractivity contribution in [1.82, 2.24) is 25.1 Å². The number of carbonyl (C=O) groups is 2. The van der Waals surface area contributed by atoms with Gasteiger partial charge < -0.3 is 0 Å². The topological polar surface area (TPSA) is 124 Å². The summed E-state index contributed by atoms with van der Waals surface area (Å²) in [5.74, 6) is -0.944. The van der Waals surface area contributed by atoms with Gasteiger partial charge in [-0.25, -0.2) is 4.39 Å². The van der Waals surface area contributed by atoms with Crippen molar-refractivity contribution in [3.8, 4) is 5.69 Å². The predicted molar refractivity (Wildman–Crippen MR) is 134 cm³/mol. The van der Waals surface area contributed by atoms with Gasteiger partial charge in [0.05, 0.1) is 27.0 Å². The molecule has 0 spiro atoms. The molecule has 2 amide bonds. The molecular formula is C24H15FN6O4S2. The third-order valence-electron chi connectivity index (χ3n) is 5.25. The van der Waals surface area contributed by atoms with Crippen LogP contribution in [0.25, 0.3) is 11.8 Å². The quantitative estimate of drug-likeness (QED) is 0.181. The number of para-hydroxylation sites is 1. The summed E-state index contributed by atoms with van der Waals surface area (Å²) in [6, 6.07) is 19.1. The largest absolute Gasteiger partial charge is 0.293 e. The zero-order valence-electron chi connectivity index (χ0n) is 18.7. The fraction of sp³-hybridized carbons (Fsp3) is 0.0417. The Morgan fingerprint density at radius 2 is 1.81 bits per heavy atom. The highest BCUT2D eigenvalue weighted by molar-refractivity contribution is 8.18. The van der Waals surface area contributed by atoms with Crippen LogP contribution in [-0.2, 0) is 11.3 Å². The maximum absolute atomic E-state index is 13.2. The Balaban J connectivity index is 1.39. The third-order valence-corrected chi connectivity index (χ3v) is 7.16. The van der Waals surface area contributed by atoms with Gasteiger partial charge in [-0.3, -0.25) is 24.6 Å². The first-order chi connectivity index (χ1) is 17.9. The van der Waals surface area contributed by atoms with E-state index < -0.39 is 21.9 Å². The lowest BCUT2D eigenvalue weighted by Gasteiger charge is -2.12.